The van der Waals surface area contributed by atoms with Crippen molar-refractivity contribution in [3.8, 4) is 0 Å². The van der Waals surface area contributed by atoms with E-state index >= 15 is 0 Å². The summed E-state index contributed by atoms with van der Waals surface area (Å²) < 4.78 is 0. The maximum Gasteiger partial charge on any atom is 0.325 e. The van der Waals surface area contributed by atoms with Crippen molar-refractivity contribution in [2.45, 2.75) is 89.6 Å². The minimum absolute atomic E-state index is 0.0413. The first-order chi connectivity index (χ1) is 15.7. The molecule has 7 nitrogen and oxygen atoms in total. The number of nitrogens with zero attached hydrogens (tertiary/aromatic N) is 2. The van der Waals surface area contributed by atoms with E-state index < -0.39 is 11.6 Å². The van der Waals surface area contributed by atoms with E-state index in [-0.39, 0.29) is 29.3 Å². The molecule has 0 unspecified atom stereocenters. The molecule has 4 amide bonds. The van der Waals surface area contributed by atoms with Crippen LogP contribution in [0.15, 0.2) is 0 Å². The Balaban J connectivity index is 1.33. The number of urea groups is 1. The molecule has 0 aromatic rings. The van der Waals surface area contributed by atoms with E-state index in [9.17, 15) is 14.4 Å². The molecule has 2 saturated heterocycles. The number of nitrogens with one attached hydrogen (secondary N) is 2. The Morgan fingerprint density at radius 2 is 1.76 bits per heavy atom. The van der Waals surface area contributed by atoms with Crippen LogP contribution in [0, 0.1) is 11.3 Å². The standard InChI is InChI=1S/C25H42N4O3S/c1-4-23(2,3)19-7-11-25(12-8-19)21(31)29(22(32)27-25)17-20(30)26-18-24(9-5-6-10-24)28-13-15-33-16-14-28/h19H,4-18H2,1-3H3,(H,26,30)(H,27,32). The molecule has 0 aromatic carbocycles. The van der Waals surface area contributed by atoms with Crippen molar-refractivity contribution in [1.82, 2.24) is 20.4 Å². The largest absolute Gasteiger partial charge is 0.353 e. The number of carbonyl (C=O) groups excluding carboxylic acids is 3. The number of rotatable bonds is 7. The van der Waals surface area contributed by atoms with Crippen molar-refractivity contribution in [2.24, 2.45) is 11.3 Å². The highest BCUT2D eigenvalue weighted by molar-refractivity contribution is 7.99. The Morgan fingerprint density at radius 1 is 1.12 bits per heavy atom. The SMILES string of the molecule is CCC(C)(C)C1CCC2(CC1)NC(=O)N(CC(=O)NCC1(N3CCSCC3)CCCC1)C2=O. The minimum atomic E-state index is -0.810. The van der Waals surface area contributed by atoms with Gasteiger partial charge in [-0.3, -0.25) is 19.4 Å². The van der Waals surface area contributed by atoms with Crippen LogP contribution in [0.4, 0.5) is 4.79 Å². The minimum Gasteiger partial charge on any atom is -0.353 e. The molecule has 0 bridgehead atoms. The van der Waals surface area contributed by atoms with Crippen molar-refractivity contribution in [3.63, 3.8) is 0 Å². The molecule has 2 heterocycles. The van der Waals surface area contributed by atoms with E-state index in [0.717, 1.165) is 61.6 Å². The summed E-state index contributed by atoms with van der Waals surface area (Å²) in [6.07, 6.45) is 8.93. The monoisotopic (exact) mass is 478 g/mol. The molecule has 0 aromatic heterocycles. The third kappa shape index (κ3) is 4.93. The van der Waals surface area contributed by atoms with E-state index in [0.29, 0.717) is 25.3 Å². The van der Waals surface area contributed by atoms with Gasteiger partial charge in [0.25, 0.3) is 5.91 Å². The summed E-state index contributed by atoms with van der Waals surface area (Å²) >= 11 is 2.00. The van der Waals surface area contributed by atoms with Gasteiger partial charge in [-0.15, -0.1) is 0 Å². The quantitative estimate of drug-likeness (QED) is 0.548. The summed E-state index contributed by atoms with van der Waals surface area (Å²) in [5.74, 6) is 2.42. The second-order valence-electron chi connectivity index (χ2n) is 11.3. The fraction of sp³-hybridized carbons (Fsp3) is 0.880. The van der Waals surface area contributed by atoms with Gasteiger partial charge in [0.15, 0.2) is 0 Å². The van der Waals surface area contributed by atoms with E-state index in [1.165, 1.54) is 12.8 Å². The van der Waals surface area contributed by atoms with Crippen LogP contribution in [-0.4, -0.2) is 76.4 Å². The summed E-state index contributed by atoms with van der Waals surface area (Å²) in [6.45, 7) is 9.38. The summed E-state index contributed by atoms with van der Waals surface area (Å²) in [6, 6.07) is -0.410. The molecule has 1 spiro atoms. The molecule has 2 N–H and O–H groups in total. The molecule has 4 aliphatic rings. The van der Waals surface area contributed by atoms with Gasteiger partial charge in [-0.25, -0.2) is 4.79 Å². The smallest absolute Gasteiger partial charge is 0.325 e. The lowest BCUT2D eigenvalue weighted by atomic mass is 9.65. The lowest BCUT2D eigenvalue weighted by molar-refractivity contribution is -0.136. The lowest BCUT2D eigenvalue weighted by Gasteiger charge is -2.43. The zero-order chi connectivity index (χ0) is 23.7. The molecule has 2 aliphatic heterocycles. The predicted octanol–water partition coefficient (Wildman–Crippen LogP) is 3.38. The van der Waals surface area contributed by atoms with Crippen LogP contribution in [0.2, 0.25) is 0 Å². The third-order valence-corrected chi connectivity index (χ3v) is 10.2. The maximum atomic E-state index is 13.3. The molecule has 2 saturated carbocycles. The molecule has 4 rings (SSSR count). The van der Waals surface area contributed by atoms with E-state index in [1.54, 1.807) is 0 Å². The Hall–Kier alpha value is -1.28. The lowest BCUT2D eigenvalue weighted by Crippen LogP contribution is -2.57. The number of hydrogen-bond acceptors (Lipinski definition) is 5. The first-order valence-electron chi connectivity index (χ1n) is 12.9. The average molecular weight is 479 g/mol. The Labute approximate surface area is 203 Å². The number of thioether (sulfide) groups is 1. The number of imide groups is 1. The van der Waals surface area contributed by atoms with Crippen molar-refractivity contribution in [2.75, 3.05) is 37.7 Å². The first-order valence-corrected chi connectivity index (χ1v) is 14.1. The summed E-state index contributed by atoms with van der Waals surface area (Å²) in [5.41, 5.74) is -0.522. The zero-order valence-electron chi connectivity index (χ0n) is 20.7. The van der Waals surface area contributed by atoms with Crippen LogP contribution in [0.25, 0.3) is 0 Å². The molecule has 0 atom stereocenters. The molecule has 0 radical (unpaired) electrons. The van der Waals surface area contributed by atoms with Crippen LogP contribution >= 0.6 is 11.8 Å². The summed E-state index contributed by atoms with van der Waals surface area (Å²) in [5, 5.41) is 6.06. The predicted molar refractivity (Wildman–Crippen MR) is 132 cm³/mol. The van der Waals surface area contributed by atoms with Gasteiger partial charge < -0.3 is 10.6 Å². The van der Waals surface area contributed by atoms with Gasteiger partial charge in [0.05, 0.1) is 0 Å². The topological polar surface area (TPSA) is 81.8 Å². The number of amides is 4. The summed E-state index contributed by atoms with van der Waals surface area (Å²) in [7, 11) is 0. The van der Waals surface area contributed by atoms with Gasteiger partial charge >= 0.3 is 6.03 Å². The van der Waals surface area contributed by atoms with Gasteiger partial charge in [-0.1, -0.05) is 40.0 Å². The van der Waals surface area contributed by atoms with Gasteiger partial charge in [0.1, 0.15) is 12.1 Å². The molecule has 186 valence electrons. The van der Waals surface area contributed by atoms with E-state index in [1.807, 2.05) is 11.8 Å². The van der Waals surface area contributed by atoms with Crippen LogP contribution in [0.5, 0.6) is 0 Å². The second-order valence-corrected chi connectivity index (χ2v) is 12.6. The highest BCUT2D eigenvalue weighted by Crippen LogP contribution is 2.45. The van der Waals surface area contributed by atoms with Crippen LogP contribution in [0.3, 0.4) is 0 Å². The van der Waals surface area contributed by atoms with Gasteiger partial charge in [0.2, 0.25) is 5.91 Å². The first kappa shape index (κ1) is 24.8. The Kier molecular flexibility index (Phi) is 7.35. The highest BCUT2D eigenvalue weighted by atomic mass is 32.2. The van der Waals surface area contributed by atoms with Gasteiger partial charge in [0, 0.05) is 36.7 Å². The maximum absolute atomic E-state index is 13.3. The van der Waals surface area contributed by atoms with Crippen LogP contribution in [0.1, 0.15) is 78.6 Å². The molecule has 2 aliphatic carbocycles. The molecule has 8 heteroatoms. The zero-order valence-corrected chi connectivity index (χ0v) is 21.5. The number of carbonyl (C=O) groups is 3. The number of hydrogen-bond donors (Lipinski definition) is 2. The highest BCUT2D eigenvalue weighted by Gasteiger charge is 2.54. The Morgan fingerprint density at radius 3 is 2.36 bits per heavy atom. The molecular formula is C25H42N4O3S. The van der Waals surface area contributed by atoms with Crippen molar-refractivity contribution in [3.05, 3.63) is 0 Å². The average Bonchev–Trinajstić information content (AvgIpc) is 3.39. The fourth-order valence-corrected chi connectivity index (χ4v) is 7.38. The van der Waals surface area contributed by atoms with Crippen LogP contribution in [-0.2, 0) is 9.59 Å². The van der Waals surface area contributed by atoms with Gasteiger partial charge in [-0.05, 0) is 49.9 Å². The van der Waals surface area contributed by atoms with Gasteiger partial charge in [-0.2, -0.15) is 11.8 Å². The van der Waals surface area contributed by atoms with Crippen molar-refractivity contribution < 1.29 is 14.4 Å². The van der Waals surface area contributed by atoms with Crippen molar-refractivity contribution in [1.29, 1.82) is 0 Å². The van der Waals surface area contributed by atoms with Crippen molar-refractivity contribution >= 4 is 29.6 Å². The fourth-order valence-electron chi connectivity index (χ4n) is 6.48. The van der Waals surface area contributed by atoms with E-state index in [2.05, 4.69) is 36.3 Å². The Bertz CT molecular complexity index is 751. The van der Waals surface area contributed by atoms with Crippen LogP contribution < -0.4 is 10.6 Å². The molecule has 4 fully saturated rings. The molecule has 33 heavy (non-hydrogen) atoms. The summed E-state index contributed by atoms with van der Waals surface area (Å²) in [4.78, 5) is 42.6. The second kappa shape index (κ2) is 9.76. The van der Waals surface area contributed by atoms with E-state index in [4.69, 9.17) is 0 Å². The molecular weight excluding hydrogens is 436 g/mol. The third-order valence-electron chi connectivity index (χ3n) is 9.23. The normalized spacial score (nSPS) is 30.6.